The zero-order valence-corrected chi connectivity index (χ0v) is 11.5. The predicted octanol–water partition coefficient (Wildman–Crippen LogP) is 5.35. The molecule has 0 aromatic heterocycles. The van der Waals surface area contributed by atoms with Crippen LogP contribution < -0.4 is 5.32 Å². The minimum Gasteiger partial charge on any atom is -0.381 e. The lowest BCUT2D eigenvalue weighted by atomic mass is 10.1. The molecule has 2 atom stereocenters. The van der Waals surface area contributed by atoms with Gasteiger partial charge in [-0.15, -0.1) is 0 Å². The molecule has 2 rings (SSSR count). The second kappa shape index (κ2) is 5.61. The highest BCUT2D eigenvalue weighted by Crippen LogP contribution is 2.36. The van der Waals surface area contributed by atoms with Crippen LogP contribution in [0.4, 0.5) is 18.9 Å². The molecule has 0 spiro atoms. The molecule has 1 aliphatic rings. The van der Waals surface area contributed by atoms with E-state index in [0.29, 0.717) is 17.6 Å². The summed E-state index contributed by atoms with van der Waals surface area (Å²) in [5.74, 6) is 0.714. The van der Waals surface area contributed by atoms with Crippen molar-refractivity contribution in [1.29, 1.82) is 0 Å². The van der Waals surface area contributed by atoms with E-state index in [0.717, 1.165) is 31.4 Å². The standard InChI is InChI=1S/C14H17ClF3N/c1-2-9-3-5-11(7-9)19-13-6-4-10(8-12(13)15)14(16,17)18/h4,6,8-9,11,19H,2-3,5,7H2,1H3. The monoisotopic (exact) mass is 291 g/mol. The molecule has 0 bridgehead atoms. The van der Waals surface area contributed by atoms with Crippen LogP contribution in [-0.2, 0) is 6.18 Å². The van der Waals surface area contributed by atoms with E-state index < -0.39 is 11.7 Å². The van der Waals surface area contributed by atoms with Crippen LogP contribution in [0.15, 0.2) is 18.2 Å². The van der Waals surface area contributed by atoms with E-state index in [1.165, 1.54) is 12.5 Å². The van der Waals surface area contributed by atoms with Gasteiger partial charge in [0, 0.05) is 6.04 Å². The number of halogens is 4. The fourth-order valence-electron chi connectivity index (χ4n) is 2.61. The van der Waals surface area contributed by atoms with Gasteiger partial charge in [0.05, 0.1) is 16.3 Å². The maximum absolute atomic E-state index is 12.5. The SMILES string of the molecule is CCC1CCC(Nc2ccc(C(F)(F)F)cc2Cl)C1. The predicted molar refractivity (Wildman–Crippen MR) is 71.5 cm³/mol. The van der Waals surface area contributed by atoms with Crippen LogP contribution in [0.5, 0.6) is 0 Å². The van der Waals surface area contributed by atoms with Gasteiger partial charge in [0.15, 0.2) is 0 Å². The Morgan fingerprint density at radius 1 is 1.32 bits per heavy atom. The van der Waals surface area contributed by atoms with E-state index in [9.17, 15) is 13.2 Å². The van der Waals surface area contributed by atoms with Crippen molar-refractivity contribution in [1.82, 2.24) is 0 Å². The Morgan fingerprint density at radius 2 is 2.05 bits per heavy atom. The minimum atomic E-state index is -4.34. The van der Waals surface area contributed by atoms with Gasteiger partial charge >= 0.3 is 6.18 Å². The van der Waals surface area contributed by atoms with Crippen LogP contribution in [0.25, 0.3) is 0 Å². The van der Waals surface area contributed by atoms with Crippen molar-refractivity contribution in [2.75, 3.05) is 5.32 Å². The molecule has 19 heavy (non-hydrogen) atoms. The topological polar surface area (TPSA) is 12.0 Å². The molecule has 1 N–H and O–H groups in total. The summed E-state index contributed by atoms with van der Waals surface area (Å²) in [5.41, 5.74) is -0.114. The third-order valence-corrected chi connectivity index (χ3v) is 4.09. The Hall–Kier alpha value is -0.900. The highest BCUT2D eigenvalue weighted by molar-refractivity contribution is 6.33. The Bertz CT molecular complexity index is 445. The molecule has 0 heterocycles. The Kier molecular flexibility index (Phi) is 4.29. The van der Waals surface area contributed by atoms with Gasteiger partial charge in [0.1, 0.15) is 0 Å². The second-order valence-corrected chi connectivity index (χ2v) is 5.53. The summed E-state index contributed by atoms with van der Waals surface area (Å²) in [6.45, 7) is 2.16. The lowest BCUT2D eigenvalue weighted by molar-refractivity contribution is -0.137. The first-order valence-electron chi connectivity index (χ1n) is 6.53. The van der Waals surface area contributed by atoms with Crippen molar-refractivity contribution in [3.05, 3.63) is 28.8 Å². The van der Waals surface area contributed by atoms with E-state index in [1.807, 2.05) is 0 Å². The Labute approximate surface area is 116 Å². The first kappa shape index (κ1) is 14.5. The summed E-state index contributed by atoms with van der Waals surface area (Å²) in [4.78, 5) is 0. The van der Waals surface area contributed by atoms with Crippen molar-refractivity contribution in [2.45, 2.75) is 44.8 Å². The lowest BCUT2D eigenvalue weighted by Crippen LogP contribution is -2.16. The number of alkyl halides is 3. The fourth-order valence-corrected chi connectivity index (χ4v) is 2.84. The third-order valence-electron chi connectivity index (χ3n) is 3.77. The molecule has 0 saturated heterocycles. The third kappa shape index (κ3) is 3.56. The smallest absolute Gasteiger partial charge is 0.381 e. The van der Waals surface area contributed by atoms with Crippen molar-refractivity contribution in [3.8, 4) is 0 Å². The Morgan fingerprint density at radius 3 is 2.58 bits per heavy atom. The van der Waals surface area contributed by atoms with Gasteiger partial charge in [0.25, 0.3) is 0 Å². The van der Waals surface area contributed by atoms with Crippen molar-refractivity contribution < 1.29 is 13.2 Å². The van der Waals surface area contributed by atoms with Crippen molar-refractivity contribution in [3.63, 3.8) is 0 Å². The van der Waals surface area contributed by atoms with Gasteiger partial charge < -0.3 is 5.32 Å². The molecule has 2 unspecified atom stereocenters. The summed E-state index contributed by atoms with van der Waals surface area (Å²) >= 11 is 5.92. The number of benzene rings is 1. The number of rotatable bonds is 3. The molecule has 5 heteroatoms. The summed E-state index contributed by atoms with van der Waals surface area (Å²) in [6.07, 6.45) is 0.0951. The maximum atomic E-state index is 12.5. The summed E-state index contributed by atoms with van der Waals surface area (Å²) in [5, 5.41) is 3.39. The highest BCUT2D eigenvalue weighted by Gasteiger charge is 2.31. The molecular weight excluding hydrogens is 275 g/mol. The van der Waals surface area contributed by atoms with E-state index in [4.69, 9.17) is 11.6 Å². The van der Waals surface area contributed by atoms with Crippen LogP contribution in [0.3, 0.4) is 0 Å². The number of hydrogen-bond donors (Lipinski definition) is 1. The molecule has 0 aliphatic heterocycles. The molecule has 106 valence electrons. The molecule has 1 aromatic rings. The van der Waals surface area contributed by atoms with Gasteiger partial charge in [-0.2, -0.15) is 13.2 Å². The van der Waals surface area contributed by atoms with Crippen LogP contribution in [0, 0.1) is 5.92 Å². The highest BCUT2D eigenvalue weighted by atomic mass is 35.5. The number of nitrogens with one attached hydrogen (secondary N) is 1. The Balaban J connectivity index is 2.06. The van der Waals surface area contributed by atoms with Crippen molar-refractivity contribution >= 4 is 17.3 Å². The van der Waals surface area contributed by atoms with E-state index >= 15 is 0 Å². The number of anilines is 1. The lowest BCUT2D eigenvalue weighted by Gasteiger charge is -2.17. The fraction of sp³-hybridized carbons (Fsp3) is 0.571. The van der Waals surface area contributed by atoms with E-state index in [1.54, 1.807) is 0 Å². The molecule has 1 nitrogen and oxygen atoms in total. The second-order valence-electron chi connectivity index (χ2n) is 5.12. The van der Waals surface area contributed by atoms with Crippen LogP contribution in [0.2, 0.25) is 5.02 Å². The van der Waals surface area contributed by atoms with Crippen LogP contribution in [-0.4, -0.2) is 6.04 Å². The van der Waals surface area contributed by atoms with Crippen LogP contribution >= 0.6 is 11.6 Å². The van der Waals surface area contributed by atoms with E-state index in [-0.39, 0.29) is 5.02 Å². The quantitative estimate of drug-likeness (QED) is 0.791. The first-order chi connectivity index (χ1) is 8.90. The average molecular weight is 292 g/mol. The van der Waals surface area contributed by atoms with Gasteiger partial charge in [-0.3, -0.25) is 0 Å². The minimum absolute atomic E-state index is 0.134. The number of hydrogen-bond acceptors (Lipinski definition) is 1. The van der Waals surface area contributed by atoms with Gasteiger partial charge in [0.2, 0.25) is 0 Å². The normalized spacial score (nSPS) is 23.6. The summed E-state index contributed by atoms with van der Waals surface area (Å²) < 4.78 is 37.6. The molecule has 0 amide bonds. The maximum Gasteiger partial charge on any atom is 0.416 e. The van der Waals surface area contributed by atoms with Crippen molar-refractivity contribution in [2.24, 2.45) is 5.92 Å². The zero-order valence-electron chi connectivity index (χ0n) is 10.7. The van der Waals surface area contributed by atoms with Gasteiger partial charge in [-0.05, 0) is 43.4 Å². The molecule has 0 radical (unpaired) electrons. The summed E-state index contributed by atoms with van der Waals surface area (Å²) in [6, 6.07) is 3.79. The van der Waals surface area contributed by atoms with Gasteiger partial charge in [-0.25, -0.2) is 0 Å². The molecular formula is C14H17ClF3N. The summed E-state index contributed by atoms with van der Waals surface area (Å²) in [7, 11) is 0. The van der Waals surface area contributed by atoms with Gasteiger partial charge in [-0.1, -0.05) is 24.9 Å². The molecule has 1 fully saturated rings. The average Bonchev–Trinajstić information content (AvgIpc) is 2.78. The van der Waals surface area contributed by atoms with E-state index in [2.05, 4.69) is 12.2 Å². The largest absolute Gasteiger partial charge is 0.416 e. The zero-order chi connectivity index (χ0) is 14.0. The first-order valence-corrected chi connectivity index (χ1v) is 6.91. The molecule has 1 aromatic carbocycles. The van der Waals surface area contributed by atoms with Crippen LogP contribution in [0.1, 0.15) is 38.2 Å². The molecule has 1 aliphatic carbocycles. The molecule has 1 saturated carbocycles.